The van der Waals surface area contributed by atoms with Crippen LogP contribution >= 0.6 is 0 Å². The van der Waals surface area contributed by atoms with Gasteiger partial charge in [0.25, 0.3) is 0 Å². The number of quaternary nitrogens is 1. The van der Waals surface area contributed by atoms with Gasteiger partial charge in [-0.15, -0.1) is 0 Å². The number of nitrogens with two attached hydrogens (primary N) is 1. The first kappa shape index (κ1) is 18.2. The molecule has 1 aromatic rings. The van der Waals surface area contributed by atoms with Crippen LogP contribution in [0.1, 0.15) is 13.3 Å². The Morgan fingerprint density at radius 1 is 1.11 bits per heavy atom. The Morgan fingerprint density at radius 2 is 1.74 bits per heavy atom. The van der Waals surface area contributed by atoms with Gasteiger partial charge >= 0.3 is 0 Å². The highest BCUT2D eigenvalue weighted by Crippen LogP contribution is 2.13. The van der Waals surface area contributed by atoms with E-state index < -0.39 is 0 Å². The highest BCUT2D eigenvalue weighted by molar-refractivity contribution is 5.45. The number of halogens is 1. The van der Waals surface area contributed by atoms with Crippen LogP contribution in [0.25, 0.3) is 0 Å². The number of benzene rings is 1. The van der Waals surface area contributed by atoms with Crippen molar-refractivity contribution in [1.82, 2.24) is 0 Å². The summed E-state index contributed by atoms with van der Waals surface area (Å²) in [5.41, 5.74) is 6.91. The van der Waals surface area contributed by atoms with E-state index >= 15 is 0 Å². The maximum absolute atomic E-state index is 5.59. The van der Waals surface area contributed by atoms with Gasteiger partial charge in [-0.25, -0.2) is 0 Å². The van der Waals surface area contributed by atoms with Crippen LogP contribution in [0, 0.1) is 0 Å². The van der Waals surface area contributed by atoms with Crippen molar-refractivity contribution in [2.75, 3.05) is 51.7 Å². The zero-order valence-electron chi connectivity index (χ0n) is 12.5. The SMILES string of the molecule is CCN(CC[N+](C)(C)CCCN)c1ccccc1.[Cl-]. The summed E-state index contributed by atoms with van der Waals surface area (Å²) < 4.78 is 1.04. The van der Waals surface area contributed by atoms with Gasteiger partial charge in [-0.3, -0.25) is 0 Å². The van der Waals surface area contributed by atoms with Crippen LogP contribution in [0.15, 0.2) is 30.3 Å². The van der Waals surface area contributed by atoms with Crippen LogP contribution in [-0.4, -0.2) is 51.3 Å². The van der Waals surface area contributed by atoms with Crippen molar-refractivity contribution in [1.29, 1.82) is 0 Å². The average Bonchev–Trinajstić information content (AvgIpc) is 2.38. The quantitative estimate of drug-likeness (QED) is 0.617. The van der Waals surface area contributed by atoms with E-state index in [1.165, 1.54) is 5.69 Å². The molecule has 0 aliphatic rings. The summed E-state index contributed by atoms with van der Waals surface area (Å²) in [7, 11) is 4.57. The predicted molar refractivity (Wildman–Crippen MR) is 79.8 cm³/mol. The van der Waals surface area contributed by atoms with Crippen molar-refractivity contribution in [3.8, 4) is 0 Å². The van der Waals surface area contributed by atoms with Crippen LogP contribution < -0.4 is 23.0 Å². The zero-order valence-corrected chi connectivity index (χ0v) is 13.2. The summed E-state index contributed by atoms with van der Waals surface area (Å²) in [6, 6.07) is 10.6. The van der Waals surface area contributed by atoms with E-state index in [1.807, 2.05) is 0 Å². The number of anilines is 1. The van der Waals surface area contributed by atoms with Gasteiger partial charge in [0.15, 0.2) is 0 Å². The topological polar surface area (TPSA) is 29.3 Å². The fourth-order valence-electron chi connectivity index (χ4n) is 2.13. The normalized spacial score (nSPS) is 10.9. The molecule has 0 fully saturated rings. The van der Waals surface area contributed by atoms with Crippen LogP contribution in [-0.2, 0) is 0 Å². The third-order valence-electron chi connectivity index (χ3n) is 3.45. The van der Waals surface area contributed by atoms with Crippen LogP contribution in [0.2, 0.25) is 0 Å². The van der Waals surface area contributed by atoms with Crippen LogP contribution in [0.5, 0.6) is 0 Å². The van der Waals surface area contributed by atoms with Crippen molar-refractivity contribution in [2.45, 2.75) is 13.3 Å². The second kappa shape index (κ2) is 9.18. The van der Waals surface area contributed by atoms with Crippen LogP contribution in [0.4, 0.5) is 5.69 Å². The van der Waals surface area contributed by atoms with Gasteiger partial charge in [-0.1, -0.05) is 18.2 Å². The van der Waals surface area contributed by atoms with Crippen molar-refractivity contribution < 1.29 is 16.9 Å². The Kier molecular flexibility index (Phi) is 8.81. The van der Waals surface area contributed by atoms with E-state index in [4.69, 9.17) is 5.73 Å². The lowest BCUT2D eigenvalue weighted by molar-refractivity contribution is -0.888. The molecule has 0 amide bonds. The van der Waals surface area contributed by atoms with Crippen LogP contribution in [0.3, 0.4) is 0 Å². The van der Waals surface area contributed by atoms with Gasteiger partial charge < -0.3 is 27.5 Å². The zero-order chi connectivity index (χ0) is 13.4. The monoisotopic (exact) mass is 285 g/mol. The molecule has 0 aliphatic heterocycles. The molecule has 0 heterocycles. The lowest BCUT2D eigenvalue weighted by atomic mass is 10.2. The Hall–Kier alpha value is -0.770. The molecule has 4 heteroatoms. The molecule has 0 spiro atoms. The lowest BCUT2D eigenvalue weighted by Crippen LogP contribution is -3.00. The molecule has 0 aliphatic carbocycles. The molecular formula is C15H28ClN3. The third-order valence-corrected chi connectivity index (χ3v) is 3.45. The number of rotatable bonds is 8. The molecule has 0 unspecified atom stereocenters. The Labute approximate surface area is 124 Å². The maximum Gasteiger partial charge on any atom is 0.0960 e. The van der Waals surface area contributed by atoms with E-state index in [0.717, 1.165) is 43.6 Å². The highest BCUT2D eigenvalue weighted by atomic mass is 35.5. The van der Waals surface area contributed by atoms with Gasteiger partial charge in [-0.2, -0.15) is 0 Å². The summed E-state index contributed by atoms with van der Waals surface area (Å²) in [5.74, 6) is 0. The number of para-hydroxylation sites is 1. The van der Waals surface area contributed by atoms with E-state index in [-0.39, 0.29) is 12.4 Å². The minimum absolute atomic E-state index is 0. The Bertz CT molecular complexity index is 327. The summed E-state index contributed by atoms with van der Waals surface area (Å²) in [4.78, 5) is 2.43. The number of hydrogen-bond donors (Lipinski definition) is 1. The lowest BCUT2D eigenvalue weighted by Gasteiger charge is -2.33. The standard InChI is InChI=1S/C15H28N3.ClH/c1-4-17(15-9-6-5-7-10-15)12-14-18(2,3)13-8-11-16;/h5-7,9-10H,4,8,11-14,16H2,1-3H3;1H/q+1;/p-1. The third kappa shape index (κ3) is 6.81. The van der Waals surface area contributed by atoms with E-state index in [2.05, 4.69) is 56.3 Å². The fraction of sp³-hybridized carbons (Fsp3) is 0.600. The molecule has 3 nitrogen and oxygen atoms in total. The minimum Gasteiger partial charge on any atom is -1.00 e. The van der Waals surface area contributed by atoms with Gasteiger partial charge in [0.1, 0.15) is 0 Å². The predicted octanol–water partition coefficient (Wildman–Crippen LogP) is -1.06. The minimum atomic E-state index is 0. The first-order chi connectivity index (χ1) is 8.59. The molecule has 0 saturated heterocycles. The number of hydrogen-bond acceptors (Lipinski definition) is 2. The molecule has 0 saturated carbocycles. The molecule has 0 aromatic heterocycles. The fourth-order valence-corrected chi connectivity index (χ4v) is 2.13. The number of nitrogens with zero attached hydrogens (tertiary/aromatic N) is 2. The Balaban J connectivity index is 0.00000324. The summed E-state index contributed by atoms with van der Waals surface area (Å²) in [6.07, 6.45) is 1.10. The Morgan fingerprint density at radius 3 is 2.26 bits per heavy atom. The molecule has 1 rings (SSSR count). The highest BCUT2D eigenvalue weighted by Gasteiger charge is 2.15. The molecule has 110 valence electrons. The van der Waals surface area contributed by atoms with Gasteiger partial charge in [0.05, 0.1) is 33.7 Å². The van der Waals surface area contributed by atoms with Crippen molar-refractivity contribution in [3.05, 3.63) is 30.3 Å². The van der Waals surface area contributed by atoms with Crippen molar-refractivity contribution in [3.63, 3.8) is 0 Å². The van der Waals surface area contributed by atoms with Gasteiger partial charge in [0, 0.05) is 18.7 Å². The molecule has 0 atom stereocenters. The second-order valence-corrected chi connectivity index (χ2v) is 5.44. The smallest absolute Gasteiger partial charge is 0.0960 e. The second-order valence-electron chi connectivity index (χ2n) is 5.44. The van der Waals surface area contributed by atoms with E-state index in [0.29, 0.717) is 0 Å². The summed E-state index contributed by atoms with van der Waals surface area (Å²) in [6.45, 7) is 7.47. The average molecular weight is 286 g/mol. The van der Waals surface area contributed by atoms with E-state index in [9.17, 15) is 0 Å². The first-order valence-corrected chi connectivity index (χ1v) is 6.91. The van der Waals surface area contributed by atoms with Crippen molar-refractivity contribution >= 4 is 5.69 Å². The van der Waals surface area contributed by atoms with E-state index in [1.54, 1.807) is 0 Å². The van der Waals surface area contributed by atoms with Crippen molar-refractivity contribution in [2.24, 2.45) is 5.73 Å². The maximum atomic E-state index is 5.59. The first-order valence-electron chi connectivity index (χ1n) is 6.91. The number of likely N-dealkylation sites (N-methyl/N-ethyl adjacent to an activating group) is 2. The molecule has 0 radical (unpaired) electrons. The largest absolute Gasteiger partial charge is 1.00 e. The molecular weight excluding hydrogens is 258 g/mol. The summed E-state index contributed by atoms with van der Waals surface area (Å²) >= 11 is 0. The van der Waals surface area contributed by atoms with Gasteiger partial charge in [0.2, 0.25) is 0 Å². The van der Waals surface area contributed by atoms with Gasteiger partial charge in [-0.05, 0) is 25.6 Å². The molecule has 1 aromatic carbocycles. The molecule has 2 N–H and O–H groups in total. The molecule has 19 heavy (non-hydrogen) atoms. The molecule has 0 bridgehead atoms. The summed E-state index contributed by atoms with van der Waals surface area (Å²) in [5, 5.41) is 0.